The summed E-state index contributed by atoms with van der Waals surface area (Å²) in [7, 11) is -3.60. The van der Waals surface area contributed by atoms with Gasteiger partial charge in [-0.05, 0) is 48.9 Å². The maximum absolute atomic E-state index is 12.2. The molecular weight excluding hydrogens is 328 g/mol. The zero-order valence-electron chi connectivity index (χ0n) is 10.2. The monoisotopic (exact) mass is 340 g/mol. The number of nitrogen functional groups attached to an aromatic ring is 1. The Morgan fingerprint density at radius 3 is 2.53 bits per heavy atom. The summed E-state index contributed by atoms with van der Waals surface area (Å²) in [5.41, 5.74) is 7.43. The van der Waals surface area contributed by atoms with E-state index in [1.165, 1.54) is 0 Å². The molecule has 0 unspecified atom stereocenters. The van der Waals surface area contributed by atoms with Gasteiger partial charge >= 0.3 is 0 Å². The van der Waals surface area contributed by atoms with Gasteiger partial charge in [-0.25, -0.2) is 8.42 Å². The van der Waals surface area contributed by atoms with Crippen LogP contribution in [0.25, 0.3) is 0 Å². The summed E-state index contributed by atoms with van der Waals surface area (Å²) in [5.74, 6) is 0. The molecule has 0 aliphatic carbocycles. The molecule has 19 heavy (non-hydrogen) atoms. The predicted octanol–water partition coefficient (Wildman–Crippen LogP) is 3.14. The maximum atomic E-state index is 12.2. The Bertz CT molecular complexity index is 714. The predicted molar refractivity (Wildman–Crippen MR) is 80.5 cm³/mol. The SMILES string of the molecule is Cc1cc(S(=O)(=O)Nc2cccc(N)c2)ccc1Br. The molecule has 3 N–H and O–H groups in total. The van der Waals surface area contributed by atoms with Crippen LogP contribution in [0.3, 0.4) is 0 Å². The molecule has 0 spiro atoms. The molecule has 0 fully saturated rings. The van der Waals surface area contributed by atoms with Crippen LogP contribution in [0.4, 0.5) is 11.4 Å². The first-order chi connectivity index (χ1) is 8.88. The average molecular weight is 341 g/mol. The first-order valence-electron chi connectivity index (χ1n) is 5.53. The molecule has 0 aliphatic rings. The number of aryl methyl sites for hydroxylation is 1. The van der Waals surface area contributed by atoms with Crippen molar-refractivity contribution in [2.45, 2.75) is 11.8 Å². The molecular formula is C13H13BrN2O2S. The van der Waals surface area contributed by atoms with Crippen LogP contribution in [0, 0.1) is 6.92 Å². The van der Waals surface area contributed by atoms with Gasteiger partial charge in [-0.15, -0.1) is 0 Å². The third-order valence-electron chi connectivity index (χ3n) is 2.58. The molecule has 0 saturated heterocycles. The van der Waals surface area contributed by atoms with Crippen LogP contribution in [-0.4, -0.2) is 8.42 Å². The summed E-state index contributed by atoms with van der Waals surface area (Å²) in [6.07, 6.45) is 0. The number of sulfonamides is 1. The van der Waals surface area contributed by atoms with Gasteiger partial charge in [0.2, 0.25) is 0 Å². The molecule has 0 amide bonds. The zero-order chi connectivity index (χ0) is 14.0. The van der Waals surface area contributed by atoms with E-state index in [0.717, 1.165) is 10.0 Å². The van der Waals surface area contributed by atoms with Crippen molar-refractivity contribution >= 4 is 37.3 Å². The lowest BCUT2D eigenvalue weighted by Gasteiger charge is -2.09. The topological polar surface area (TPSA) is 72.2 Å². The molecule has 0 bridgehead atoms. The Morgan fingerprint density at radius 1 is 1.16 bits per heavy atom. The van der Waals surface area contributed by atoms with Crippen molar-refractivity contribution < 1.29 is 8.42 Å². The lowest BCUT2D eigenvalue weighted by Crippen LogP contribution is -2.13. The van der Waals surface area contributed by atoms with Gasteiger partial charge in [0.05, 0.1) is 10.6 Å². The van der Waals surface area contributed by atoms with Crippen LogP contribution in [0.15, 0.2) is 51.8 Å². The summed E-state index contributed by atoms with van der Waals surface area (Å²) >= 11 is 3.34. The van der Waals surface area contributed by atoms with Crippen molar-refractivity contribution in [2.75, 3.05) is 10.5 Å². The van der Waals surface area contributed by atoms with Gasteiger partial charge in [-0.1, -0.05) is 22.0 Å². The van der Waals surface area contributed by atoms with Crippen molar-refractivity contribution in [3.8, 4) is 0 Å². The number of halogens is 1. The van der Waals surface area contributed by atoms with Crippen molar-refractivity contribution in [1.29, 1.82) is 0 Å². The quantitative estimate of drug-likeness (QED) is 0.843. The van der Waals surface area contributed by atoms with Gasteiger partial charge in [0, 0.05) is 10.2 Å². The Balaban J connectivity index is 2.35. The molecule has 0 aromatic heterocycles. The highest BCUT2D eigenvalue weighted by Gasteiger charge is 2.15. The van der Waals surface area contributed by atoms with Gasteiger partial charge in [0.1, 0.15) is 0 Å². The summed E-state index contributed by atoms with van der Waals surface area (Å²) in [5, 5.41) is 0. The lowest BCUT2D eigenvalue weighted by molar-refractivity contribution is 0.601. The number of hydrogen-bond donors (Lipinski definition) is 2. The molecule has 100 valence electrons. The third-order valence-corrected chi connectivity index (χ3v) is 4.85. The van der Waals surface area contributed by atoms with E-state index in [1.807, 2.05) is 6.92 Å². The number of anilines is 2. The second-order valence-electron chi connectivity index (χ2n) is 4.14. The first kappa shape index (κ1) is 13.9. The minimum Gasteiger partial charge on any atom is -0.399 e. The standard InChI is InChI=1S/C13H13BrN2O2S/c1-9-7-12(5-6-13(9)14)19(17,18)16-11-4-2-3-10(15)8-11/h2-8,16H,15H2,1H3. The second-order valence-corrected chi connectivity index (χ2v) is 6.68. The maximum Gasteiger partial charge on any atom is 0.261 e. The average Bonchev–Trinajstić information content (AvgIpc) is 2.32. The van der Waals surface area contributed by atoms with Gasteiger partial charge in [0.25, 0.3) is 10.0 Å². The molecule has 2 aromatic carbocycles. The van der Waals surface area contributed by atoms with Crippen molar-refractivity contribution in [3.05, 3.63) is 52.5 Å². The highest BCUT2D eigenvalue weighted by Crippen LogP contribution is 2.22. The molecule has 0 saturated carbocycles. The van der Waals surface area contributed by atoms with Crippen LogP contribution < -0.4 is 10.5 Å². The summed E-state index contributed by atoms with van der Waals surface area (Å²) in [6.45, 7) is 1.84. The largest absolute Gasteiger partial charge is 0.399 e. The summed E-state index contributed by atoms with van der Waals surface area (Å²) in [6, 6.07) is 11.5. The van der Waals surface area contributed by atoms with Crippen LogP contribution >= 0.6 is 15.9 Å². The first-order valence-corrected chi connectivity index (χ1v) is 7.80. The van der Waals surface area contributed by atoms with E-state index >= 15 is 0 Å². The Kier molecular flexibility index (Phi) is 3.82. The van der Waals surface area contributed by atoms with Crippen molar-refractivity contribution in [2.24, 2.45) is 0 Å². The fraction of sp³-hybridized carbons (Fsp3) is 0.0769. The Hall–Kier alpha value is -1.53. The molecule has 2 aromatic rings. The smallest absolute Gasteiger partial charge is 0.261 e. The van der Waals surface area contributed by atoms with Gasteiger partial charge in [-0.3, -0.25) is 4.72 Å². The zero-order valence-corrected chi connectivity index (χ0v) is 12.6. The van der Waals surface area contributed by atoms with E-state index in [1.54, 1.807) is 42.5 Å². The van der Waals surface area contributed by atoms with E-state index in [0.29, 0.717) is 11.4 Å². The highest BCUT2D eigenvalue weighted by atomic mass is 79.9. The van der Waals surface area contributed by atoms with Crippen molar-refractivity contribution in [1.82, 2.24) is 0 Å². The van der Waals surface area contributed by atoms with E-state index in [9.17, 15) is 8.42 Å². The van der Waals surface area contributed by atoms with E-state index in [4.69, 9.17) is 5.73 Å². The third kappa shape index (κ3) is 3.27. The number of rotatable bonds is 3. The minimum absolute atomic E-state index is 0.218. The lowest BCUT2D eigenvalue weighted by atomic mass is 10.2. The normalized spacial score (nSPS) is 11.3. The van der Waals surface area contributed by atoms with Crippen molar-refractivity contribution in [3.63, 3.8) is 0 Å². The number of nitrogens with two attached hydrogens (primary N) is 1. The molecule has 0 aliphatic heterocycles. The molecule has 0 heterocycles. The molecule has 2 rings (SSSR count). The fourth-order valence-electron chi connectivity index (χ4n) is 1.60. The van der Waals surface area contributed by atoms with Gasteiger partial charge in [0.15, 0.2) is 0 Å². The van der Waals surface area contributed by atoms with E-state index in [2.05, 4.69) is 20.7 Å². The van der Waals surface area contributed by atoms with Gasteiger partial charge < -0.3 is 5.73 Å². The fourth-order valence-corrected chi connectivity index (χ4v) is 2.98. The van der Waals surface area contributed by atoms with Crippen LogP contribution in [0.5, 0.6) is 0 Å². The molecule has 4 nitrogen and oxygen atoms in total. The van der Waals surface area contributed by atoms with Crippen LogP contribution in [0.1, 0.15) is 5.56 Å². The second kappa shape index (κ2) is 5.22. The highest BCUT2D eigenvalue weighted by molar-refractivity contribution is 9.10. The van der Waals surface area contributed by atoms with E-state index < -0.39 is 10.0 Å². The van der Waals surface area contributed by atoms with E-state index in [-0.39, 0.29) is 4.90 Å². The van der Waals surface area contributed by atoms with Gasteiger partial charge in [-0.2, -0.15) is 0 Å². The molecule has 0 atom stereocenters. The minimum atomic E-state index is -3.60. The summed E-state index contributed by atoms with van der Waals surface area (Å²) in [4.78, 5) is 0.218. The Labute approximate surface area is 120 Å². The summed E-state index contributed by atoms with van der Waals surface area (Å²) < 4.78 is 27.8. The number of hydrogen-bond acceptors (Lipinski definition) is 3. The van der Waals surface area contributed by atoms with Crippen LogP contribution in [-0.2, 0) is 10.0 Å². The number of nitrogens with one attached hydrogen (secondary N) is 1. The van der Waals surface area contributed by atoms with Crippen LogP contribution in [0.2, 0.25) is 0 Å². The molecule has 6 heteroatoms. The molecule has 0 radical (unpaired) electrons. The number of benzene rings is 2. The Morgan fingerprint density at radius 2 is 1.89 bits per heavy atom.